The van der Waals surface area contributed by atoms with E-state index < -0.39 is 0 Å². The normalized spacial score (nSPS) is 19.5. The van der Waals surface area contributed by atoms with E-state index in [9.17, 15) is 4.79 Å². The minimum absolute atomic E-state index is 0.105. The quantitative estimate of drug-likeness (QED) is 0.870. The van der Waals surface area contributed by atoms with Crippen molar-refractivity contribution < 1.29 is 4.79 Å². The first kappa shape index (κ1) is 13.4. The highest BCUT2D eigenvalue weighted by atomic mass is 32.1. The van der Waals surface area contributed by atoms with Crippen molar-refractivity contribution in [2.75, 3.05) is 18.8 Å². The first-order valence-corrected chi connectivity index (χ1v) is 7.96. The number of hydrogen-bond donors (Lipinski definition) is 1. The molecule has 3 nitrogen and oxygen atoms in total. The second-order valence-electron chi connectivity index (χ2n) is 5.84. The third-order valence-corrected chi connectivity index (χ3v) is 5.19. The molecule has 2 aromatic rings. The second-order valence-corrected chi connectivity index (χ2v) is 6.90. The van der Waals surface area contributed by atoms with Crippen molar-refractivity contribution in [2.45, 2.75) is 26.7 Å². The maximum Gasteiger partial charge on any atom is 0.266 e. The van der Waals surface area contributed by atoms with Crippen LogP contribution in [0.1, 0.15) is 35.0 Å². The fourth-order valence-electron chi connectivity index (χ4n) is 2.91. The van der Waals surface area contributed by atoms with Gasteiger partial charge in [-0.1, -0.05) is 18.6 Å². The molecule has 1 aliphatic heterocycles. The van der Waals surface area contributed by atoms with Crippen molar-refractivity contribution in [1.82, 2.24) is 4.90 Å². The number of amides is 1. The summed E-state index contributed by atoms with van der Waals surface area (Å²) in [6.07, 6.45) is 2.31. The highest BCUT2D eigenvalue weighted by Gasteiger charge is 2.25. The fraction of sp³-hybridized carbons (Fsp3) is 0.438. The summed E-state index contributed by atoms with van der Waals surface area (Å²) in [7, 11) is 0. The zero-order chi connectivity index (χ0) is 14.3. The van der Waals surface area contributed by atoms with E-state index in [1.807, 2.05) is 11.8 Å². The van der Waals surface area contributed by atoms with Crippen LogP contribution in [0.25, 0.3) is 10.1 Å². The smallest absolute Gasteiger partial charge is 0.266 e. The first-order valence-electron chi connectivity index (χ1n) is 7.14. The van der Waals surface area contributed by atoms with Crippen molar-refractivity contribution in [1.29, 1.82) is 0 Å². The van der Waals surface area contributed by atoms with Gasteiger partial charge < -0.3 is 10.6 Å². The maximum atomic E-state index is 12.7. The Kier molecular flexibility index (Phi) is 3.42. The lowest BCUT2D eigenvalue weighted by Crippen LogP contribution is -2.38. The fourth-order valence-corrected chi connectivity index (χ4v) is 3.98. The second kappa shape index (κ2) is 5.09. The number of aryl methyl sites for hydroxylation is 1. The molecular weight excluding hydrogens is 268 g/mol. The van der Waals surface area contributed by atoms with Gasteiger partial charge in [-0.05, 0) is 37.8 Å². The molecule has 1 atom stereocenters. The molecule has 1 saturated heterocycles. The SMILES string of the molecule is Cc1ccc2sc(C(=O)N3CCCC(C)C3)c(N)c2c1. The minimum atomic E-state index is 0.105. The van der Waals surface area contributed by atoms with Crippen LogP contribution in [0.5, 0.6) is 0 Å². The molecule has 0 spiro atoms. The van der Waals surface area contributed by atoms with Crippen LogP contribution in [0.15, 0.2) is 18.2 Å². The monoisotopic (exact) mass is 288 g/mol. The lowest BCUT2D eigenvalue weighted by atomic mass is 10.00. The molecule has 0 aliphatic carbocycles. The van der Waals surface area contributed by atoms with Gasteiger partial charge in [0.2, 0.25) is 0 Å². The van der Waals surface area contributed by atoms with E-state index in [1.54, 1.807) is 0 Å². The van der Waals surface area contributed by atoms with Crippen LogP contribution in [0, 0.1) is 12.8 Å². The summed E-state index contributed by atoms with van der Waals surface area (Å²) in [5.74, 6) is 0.693. The number of carbonyl (C=O) groups excluding carboxylic acids is 1. The Bertz CT molecular complexity index is 662. The van der Waals surface area contributed by atoms with Crippen LogP contribution in [-0.2, 0) is 0 Å². The van der Waals surface area contributed by atoms with Crippen LogP contribution in [-0.4, -0.2) is 23.9 Å². The number of thiophene rings is 1. The number of fused-ring (bicyclic) bond motifs is 1. The number of nitrogen functional groups attached to an aromatic ring is 1. The highest BCUT2D eigenvalue weighted by Crippen LogP contribution is 2.35. The molecule has 0 radical (unpaired) electrons. The first-order chi connectivity index (χ1) is 9.56. The number of anilines is 1. The lowest BCUT2D eigenvalue weighted by molar-refractivity contribution is 0.0689. The Balaban J connectivity index is 1.97. The molecule has 1 amide bonds. The summed E-state index contributed by atoms with van der Waals surface area (Å²) >= 11 is 1.52. The molecule has 4 heteroatoms. The zero-order valence-corrected chi connectivity index (χ0v) is 12.8. The Morgan fingerprint density at radius 1 is 1.45 bits per heavy atom. The summed E-state index contributed by atoms with van der Waals surface area (Å²) in [6, 6.07) is 6.19. The zero-order valence-electron chi connectivity index (χ0n) is 12.0. The van der Waals surface area contributed by atoms with Crippen molar-refractivity contribution in [3.63, 3.8) is 0 Å². The van der Waals surface area contributed by atoms with E-state index >= 15 is 0 Å². The minimum Gasteiger partial charge on any atom is -0.397 e. The molecule has 1 aromatic carbocycles. The molecule has 2 N–H and O–H groups in total. The average Bonchev–Trinajstić information content (AvgIpc) is 2.75. The third-order valence-electron chi connectivity index (χ3n) is 4.02. The van der Waals surface area contributed by atoms with Gasteiger partial charge >= 0.3 is 0 Å². The van der Waals surface area contributed by atoms with Crippen LogP contribution >= 0.6 is 11.3 Å². The van der Waals surface area contributed by atoms with E-state index in [2.05, 4.69) is 25.1 Å². The summed E-state index contributed by atoms with van der Waals surface area (Å²) in [6.45, 7) is 5.96. The predicted molar refractivity (Wildman–Crippen MR) is 85.3 cm³/mol. The van der Waals surface area contributed by atoms with Gasteiger partial charge in [0, 0.05) is 23.2 Å². The average molecular weight is 288 g/mol. The van der Waals surface area contributed by atoms with Gasteiger partial charge in [-0.3, -0.25) is 4.79 Å². The van der Waals surface area contributed by atoms with Gasteiger partial charge in [-0.2, -0.15) is 0 Å². The van der Waals surface area contributed by atoms with E-state index in [1.165, 1.54) is 23.3 Å². The molecule has 0 saturated carbocycles. The molecule has 2 heterocycles. The van der Waals surface area contributed by atoms with E-state index in [0.717, 1.165) is 29.6 Å². The van der Waals surface area contributed by atoms with Crippen LogP contribution in [0.4, 0.5) is 5.69 Å². The Morgan fingerprint density at radius 3 is 3.00 bits per heavy atom. The summed E-state index contributed by atoms with van der Waals surface area (Å²) < 4.78 is 1.10. The topological polar surface area (TPSA) is 46.3 Å². The van der Waals surface area contributed by atoms with Gasteiger partial charge in [0.05, 0.1) is 5.69 Å². The van der Waals surface area contributed by atoms with E-state index in [0.29, 0.717) is 16.5 Å². The van der Waals surface area contributed by atoms with Crippen molar-refractivity contribution in [3.05, 3.63) is 28.6 Å². The molecule has 106 valence electrons. The molecular formula is C16H20N2OS. The molecule has 20 heavy (non-hydrogen) atoms. The van der Waals surface area contributed by atoms with Crippen LogP contribution in [0.3, 0.4) is 0 Å². The van der Waals surface area contributed by atoms with E-state index in [4.69, 9.17) is 5.73 Å². The molecule has 3 rings (SSSR count). The molecule has 1 fully saturated rings. The van der Waals surface area contributed by atoms with Gasteiger partial charge in [-0.15, -0.1) is 11.3 Å². The Labute approximate surface area is 123 Å². The summed E-state index contributed by atoms with van der Waals surface area (Å²) in [4.78, 5) is 15.3. The summed E-state index contributed by atoms with van der Waals surface area (Å²) in [5, 5.41) is 1.02. The van der Waals surface area contributed by atoms with Gasteiger partial charge in [0.1, 0.15) is 4.88 Å². The Hall–Kier alpha value is -1.55. The third kappa shape index (κ3) is 2.29. The van der Waals surface area contributed by atoms with Gasteiger partial charge in [-0.25, -0.2) is 0 Å². The summed E-state index contributed by atoms with van der Waals surface area (Å²) in [5.41, 5.74) is 8.04. The van der Waals surface area contributed by atoms with Crippen LogP contribution < -0.4 is 5.73 Å². The number of hydrogen-bond acceptors (Lipinski definition) is 3. The molecule has 1 aliphatic rings. The molecule has 1 unspecified atom stereocenters. The lowest BCUT2D eigenvalue weighted by Gasteiger charge is -2.30. The maximum absolute atomic E-state index is 12.7. The number of benzene rings is 1. The van der Waals surface area contributed by atoms with Crippen molar-refractivity contribution in [3.8, 4) is 0 Å². The number of nitrogens with two attached hydrogens (primary N) is 1. The predicted octanol–water partition coefficient (Wildman–Crippen LogP) is 3.66. The number of rotatable bonds is 1. The number of nitrogens with zero attached hydrogens (tertiary/aromatic N) is 1. The Morgan fingerprint density at radius 2 is 2.25 bits per heavy atom. The van der Waals surface area contributed by atoms with E-state index in [-0.39, 0.29) is 5.91 Å². The molecule has 1 aromatic heterocycles. The number of piperidine rings is 1. The van der Waals surface area contributed by atoms with Crippen molar-refractivity contribution in [2.24, 2.45) is 5.92 Å². The van der Waals surface area contributed by atoms with Crippen molar-refractivity contribution >= 4 is 33.0 Å². The molecule has 0 bridgehead atoms. The van der Waals surface area contributed by atoms with Gasteiger partial charge in [0.25, 0.3) is 5.91 Å². The standard InChI is InChI=1S/C16H20N2OS/c1-10-5-6-13-12(8-10)14(17)15(20-13)16(19)18-7-3-4-11(2)9-18/h5-6,8,11H,3-4,7,9,17H2,1-2H3. The largest absolute Gasteiger partial charge is 0.397 e. The number of carbonyl (C=O) groups is 1. The van der Waals surface area contributed by atoms with Crippen LogP contribution in [0.2, 0.25) is 0 Å². The van der Waals surface area contributed by atoms with Gasteiger partial charge in [0.15, 0.2) is 0 Å². The number of likely N-dealkylation sites (tertiary alicyclic amines) is 1. The highest BCUT2D eigenvalue weighted by molar-refractivity contribution is 7.21.